The molecular formula is C23H19FN4O2. The van der Waals surface area contributed by atoms with Crippen molar-refractivity contribution in [2.24, 2.45) is 0 Å². The maximum absolute atomic E-state index is 15.0. The van der Waals surface area contributed by atoms with E-state index in [1.807, 2.05) is 44.2 Å². The number of rotatable bonds is 5. The van der Waals surface area contributed by atoms with Crippen molar-refractivity contribution in [3.8, 4) is 17.4 Å². The number of fused-ring (bicyclic) bond motifs is 2. The number of H-pyrrole nitrogens is 1. The fourth-order valence-electron chi connectivity index (χ4n) is 3.53. The van der Waals surface area contributed by atoms with E-state index in [1.165, 1.54) is 6.33 Å². The van der Waals surface area contributed by atoms with Gasteiger partial charge in [-0.2, -0.15) is 10.1 Å². The number of aromatic nitrogens is 4. The van der Waals surface area contributed by atoms with Gasteiger partial charge in [0, 0.05) is 22.2 Å². The van der Waals surface area contributed by atoms with Crippen LogP contribution in [0.5, 0.6) is 17.4 Å². The maximum atomic E-state index is 15.0. The van der Waals surface area contributed by atoms with Gasteiger partial charge in [0.2, 0.25) is 5.88 Å². The van der Waals surface area contributed by atoms with Gasteiger partial charge in [0.05, 0.1) is 6.20 Å². The topological polar surface area (TPSA) is 64.4 Å². The molecule has 0 unspecified atom stereocenters. The summed E-state index contributed by atoms with van der Waals surface area (Å²) in [5.74, 6) is 0.608. The fraction of sp³-hybridized carbons (Fsp3) is 0.130. The summed E-state index contributed by atoms with van der Waals surface area (Å²) in [7, 11) is 0. The molecule has 6 nitrogen and oxygen atoms in total. The molecule has 5 rings (SSSR count). The zero-order valence-electron chi connectivity index (χ0n) is 16.5. The zero-order chi connectivity index (χ0) is 20.7. The summed E-state index contributed by atoms with van der Waals surface area (Å²) in [4.78, 5) is 7.35. The Morgan fingerprint density at radius 2 is 1.90 bits per heavy atom. The molecule has 0 amide bonds. The molecule has 5 aromatic rings. The van der Waals surface area contributed by atoms with Crippen LogP contribution in [0.3, 0.4) is 0 Å². The van der Waals surface area contributed by atoms with E-state index in [0.717, 1.165) is 22.3 Å². The van der Waals surface area contributed by atoms with Crippen LogP contribution < -0.4 is 9.47 Å². The predicted octanol–water partition coefficient (Wildman–Crippen LogP) is 5.34. The molecule has 3 heterocycles. The maximum Gasteiger partial charge on any atom is 0.247 e. The molecule has 3 aromatic heterocycles. The Kier molecular flexibility index (Phi) is 4.35. The first kappa shape index (κ1) is 18.2. The third-order valence-electron chi connectivity index (χ3n) is 5.03. The van der Waals surface area contributed by atoms with Crippen LogP contribution in [0, 0.1) is 19.7 Å². The number of ether oxygens (including phenoxy) is 2. The Morgan fingerprint density at radius 1 is 1.07 bits per heavy atom. The molecule has 0 saturated carbocycles. The highest BCUT2D eigenvalue weighted by Gasteiger charge is 2.18. The number of hydrogen-bond donors (Lipinski definition) is 1. The number of nitrogens with zero attached hydrogens (tertiary/aromatic N) is 3. The first-order valence-corrected chi connectivity index (χ1v) is 9.55. The Morgan fingerprint density at radius 3 is 2.73 bits per heavy atom. The lowest BCUT2D eigenvalue weighted by Gasteiger charge is -2.08. The minimum absolute atomic E-state index is 0.106. The Labute approximate surface area is 171 Å². The van der Waals surface area contributed by atoms with E-state index in [0.29, 0.717) is 23.3 Å². The van der Waals surface area contributed by atoms with Crippen molar-refractivity contribution in [2.45, 2.75) is 20.5 Å². The summed E-state index contributed by atoms with van der Waals surface area (Å²) in [6.07, 6.45) is 3.15. The standard InChI is InChI=1S/C23H19FN4O2/c1-14-10-17-18(27-14)8-9-19(21(17)24)30-23-22-15(2)20(11-28(22)26-13-25-23)29-12-16-6-4-3-5-7-16/h3-11,13,27H,12H2,1-2H3. The van der Waals surface area contributed by atoms with Crippen LogP contribution in [0.2, 0.25) is 0 Å². The second-order valence-electron chi connectivity index (χ2n) is 7.14. The molecule has 150 valence electrons. The predicted molar refractivity (Wildman–Crippen MR) is 112 cm³/mol. The van der Waals surface area contributed by atoms with Gasteiger partial charge in [-0.3, -0.25) is 0 Å². The van der Waals surface area contributed by atoms with E-state index >= 15 is 0 Å². The molecular weight excluding hydrogens is 383 g/mol. The van der Waals surface area contributed by atoms with Crippen LogP contribution in [0.4, 0.5) is 4.39 Å². The number of aromatic amines is 1. The summed E-state index contributed by atoms with van der Waals surface area (Å²) in [6, 6.07) is 15.0. The van der Waals surface area contributed by atoms with Gasteiger partial charge in [0.1, 0.15) is 24.2 Å². The molecule has 30 heavy (non-hydrogen) atoms. The van der Waals surface area contributed by atoms with Gasteiger partial charge in [-0.15, -0.1) is 0 Å². The Balaban J connectivity index is 1.49. The van der Waals surface area contributed by atoms with Gasteiger partial charge >= 0.3 is 0 Å². The average molecular weight is 402 g/mol. The third kappa shape index (κ3) is 3.14. The summed E-state index contributed by atoms with van der Waals surface area (Å²) in [5, 5.41) is 4.72. The van der Waals surface area contributed by atoms with Crippen molar-refractivity contribution in [1.29, 1.82) is 0 Å². The fourth-order valence-corrected chi connectivity index (χ4v) is 3.53. The molecule has 0 fully saturated rings. The van der Waals surface area contributed by atoms with E-state index in [9.17, 15) is 4.39 Å². The van der Waals surface area contributed by atoms with Gasteiger partial charge in [-0.05, 0) is 37.6 Å². The smallest absolute Gasteiger partial charge is 0.247 e. The van der Waals surface area contributed by atoms with Crippen LogP contribution in [-0.4, -0.2) is 19.6 Å². The molecule has 0 saturated heterocycles. The molecule has 0 radical (unpaired) electrons. The van der Waals surface area contributed by atoms with E-state index < -0.39 is 5.82 Å². The monoisotopic (exact) mass is 402 g/mol. The van der Waals surface area contributed by atoms with Crippen molar-refractivity contribution in [3.05, 3.63) is 83.7 Å². The third-order valence-corrected chi connectivity index (χ3v) is 5.03. The summed E-state index contributed by atoms with van der Waals surface area (Å²) in [6.45, 7) is 4.22. The number of nitrogens with one attached hydrogen (secondary N) is 1. The largest absolute Gasteiger partial charge is 0.487 e. The van der Waals surface area contributed by atoms with E-state index in [1.54, 1.807) is 28.9 Å². The second kappa shape index (κ2) is 7.18. The minimum atomic E-state index is -0.432. The van der Waals surface area contributed by atoms with Gasteiger partial charge in [0.15, 0.2) is 11.6 Å². The average Bonchev–Trinajstić information content (AvgIpc) is 3.30. The van der Waals surface area contributed by atoms with E-state index in [4.69, 9.17) is 9.47 Å². The number of halogens is 1. The molecule has 0 aliphatic rings. The molecule has 0 aliphatic heterocycles. The van der Waals surface area contributed by atoms with Crippen LogP contribution in [0.15, 0.2) is 61.1 Å². The Bertz CT molecular complexity index is 1360. The second-order valence-corrected chi connectivity index (χ2v) is 7.14. The zero-order valence-corrected chi connectivity index (χ0v) is 16.5. The summed E-state index contributed by atoms with van der Waals surface area (Å²) in [5.41, 5.74) is 4.12. The molecule has 0 bridgehead atoms. The summed E-state index contributed by atoms with van der Waals surface area (Å²) >= 11 is 0. The highest BCUT2D eigenvalue weighted by molar-refractivity contribution is 5.83. The lowest BCUT2D eigenvalue weighted by atomic mass is 10.2. The van der Waals surface area contributed by atoms with Crippen LogP contribution in [0.1, 0.15) is 16.8 Å². The van der Waals surface area contributed by atoms with Gasteiger partial charge < -0.3 is 14.5 Å². The molecule has 7 heteroatoms. The molecule has 0 spiro atoms. The lowest BCUT2D eigenvalue weighted by molar-refractivity contribution is 0.304. The minimum Gasteiger partial charge on any atom is -0.487 e. The number of aryl methyl sites for hydroxylation is 2. The Hall–Kier alpha value is -3.87. The molecule has 2 aromatic carbocycles. The molecule has 0 aliphatic carbocycles. The van der Waals surface area contributed by atoms with Crippen LogP contribution in [0.25, 0.3) is 16.4 Å². The van der Waals surface area contributed by atoms with Crippen LogP contribution >= 0.6 is 0 Å². The number of hydrogen-bond acceptors (Lipinski definition) is 4. The quantitative estimate of drug-likeness (QED) is 0.431. The van der Waals surface area contributed by atoms with Crippen molar-refractivity contribution in [3.63, 3.8) is 0 Å². The van der Waals surface area contributed by atoms with Gasteiger partial charge in [-0.1, -0.05) is 30.3 Å². The van der Waals surface area contributed by atoms with Gasteiger partial charge in [0.25, 0.3) is 0 Å². The lowest BCUT2D eigenvalue weighted by Crippen LogP contribution is -1.98. The normalized spacial score (nSPS) is 11.3. The van der Waals surface area contributed by atoms with Crippen LogP contribution in [-0.2, 0) is 6.61 Å². The highest BCUT2D eigenvalue weighted by atomic mass is 19.1. The van der Waals surface area contributed by atoms with Gasteiger partial charge in [-0.25, -0.2) is 8.91 Å². The SMILES string of the molecule is Cc1cc2c(F)c(Oc3ncnn4cc(OCc5ccccc5)c(C)c34)ccc2[nH]1. The van der Waals surface area contributed by atoms with Crippen molar-refractivity contribution < 1.29 is 13.9 Å². The number of benzene rings is 2. The van der Waals surface area contributed by atoms with Crippen molar-refractivity contribution in [2.75, 3.05) is 0 Å². The summed E-state index contributed by atoms with van der Waals surface area (Å²) < 4.78 is 28.5. The van der Waals surface area contributed by atoms with Crippen molar-refractivity contribution >= 4 is 16.4 Å². The first-order valence-electron chi connectivity index (χ1n) is 9.55. The molecule has 1 N–H and O–H groups in total. The van der Waals surface area contributed by atoms with E-state index in [2.05, 4.69) is 15.1 Å². The van der Waals surface area contributed by atoms with E-state index in [-0.39, 0.29) is 11.6 Å². The first-order chi connectivity index (χ1) is 14.6. The van der Waals surface area contributed by atoms with Crippen molar-refractivity contribution in [1.82, 2.24) is 19.6 Å². The molecule has 0 atom stereocenters. The highest BCUT2D eigenvalue weighted by Crippen LogP contribution is 2.34.